The molecule has 1 aliphatic heterocycles. The van der Waals surface area contributed by atoms with E-state index in [0.717, 1.165) is 42.6 Å². The van der Waals surface area contributed by atoms with Crippen molar-refractivity contribution in [2.75, 3.05) is 20.1 Å². The summed E-state index contributed by atoms with van der Waals surface area (Å²) in [7, 11) is 2.12. The summed E-state index contributed by atoms with van der Waals surface area (Å²) < 4.78 is 12.3. The first-order valence-electron chi connectivity index (χ1n) is 10.8. The van der Waals surface area contributed by atoms with Crippen molar-refractivity contribution in [2.24, 2.45) is 0 Å². The molecule has 0 bridgehead atoms. The number of rotatable bonds is 5. The molecule has 4 aromatic rings. The van der Waals surface area contributed by atoms with Gasteiger partial charge in [0.15, 0.2) is 5.78 Å². The third-order valence-electron chi connectivity index (χ3n) is 5.86. The average molecular weight is 412 g/mol. The molecule has 1 atom stereocenters. The lowest BCUT2D eigenvalue weighted by Gasteiger charge is -2.30. The second-order valence-electron chi connectivity index (χ2n) is 8.17. The van der Waals surface area contributed by atoms with E-state index in [1.165, 1.54) is 0 Å². The number of likely N-dealkylation sites (N-methyl/N-ethyl adjacent to an activating group) is 1. The molecule has 2 heterocycles. The van der Waals surface area contributed by atoms with Crippen LogP contribution in [0, 0.1) is 0 Å². The van der Waals surface area contributed by atoms with Gasteiger partial charge in [-0.15, -0.1) is 0 Å². The van der Waals surface area contributed by atoms with Gasteiger partial charge in [0.2, 0.25) is 0 Å². The van der Waals surface area contributed by atoms with Crippen LogP contribution in [-0.4, -0.2) is 36.9 Å². The molecule has 4 nitrogen and oxygen atoms in total. The van der Waals surface area contributed by atoms with Crippen LogP contribution in [-0.2, 0) is 0 Å². The van der Waals surface area contributed by atoms with E-state index in [1.807, 2.05) is 78.9 Å². The Bertz CT molecular complexity index is 1190. The molecule has 1 fully saturated rings. The van der Waals surface area contributed by atoms with Gasteiger partial charge in [-0.2, -0.15) is 0 Å². The van der Waals surface area contributed by atoms with Crippen LogP contribution in [0.25, 0.3) is 22.3 Å². The van der Waals surface area contributed by atoms with Crippen LogP contribution >= 0.6 is 0 Å². The van der Waals surface area contributed by atoms with Gasteiger partial charge in [0, 0.05) is 23.1 Å². The summed E-state index contributed by atoms with van der Waals surface area (Å²) in [4.78, 5) is 15.8. The van der Waals surface area contributed by atoms with Gasteiger partial charge in [0.25, 0.3) is 0 Å². The Hall–Kier alpha value is -3.37. The number of para-hydroxylation sites is 1. The van der Waals surface area contributed by atoms with Crippen LogP contribution in [0.5, 0.6) is 5.75 Å². The first-order valence-corrected chi connectivity index (χ1v) is 10.8. The zero-order valence-corrected chi connectivity index (χ0v) is 17.6. The van der Waals surface area contributed by atoms with Gasteiger partial charge in [-0.3, -0.25) is 4.79 Å². The Balaban J connectivity index is 1.46. The first-order chi connectivity index (χ1) is 15.2. The number of fused-ring (bicyclic) bond motifs is 1. The van der Waals surface area contributed by atoms with Crippen molar-refractivity contribution in [3.63, 3.8) is 0 Å². The van der Waals surface area contributed by atoms with Crippen molar-refractivity contribution in [2.45, 2.75) is 18.9 Å². The maximum absolute atomic E-state index is 13.6. The molecule has 0 spiro atoms. The summed E-state index contributed by atoms with van der Waals surface area (Å²) in [5.41, 5.74) is 2.83. The van der Waals surface area contributed by atoms with Crippen molar-refractivity contribution in [3.8, 4) is 17.1 Å². The van der Waals surface area contributed by atoms with Gasteiger partial charge < -0.3 is 14.1 Å². The SMILES string of the molecule is CN1CCCC(Oc2ccc(C(=O)c3c(-c4ccccc4)oc4ccccc34)cc2)C1. The fourth-order valence-corrected chi connectivity index (χ4v) is 4.30. The molecule has 1 saturated heterocycles. The Morgan fingerprint density at radius 3 is 2.48 bits per heavy atom. The largest absolute Gasteiger partial charge is 0.489 e. The third kappa shape index (κ3) is 3.99. The van der Waals surface area contributed by atoms with E-state index < -0.39 is 0 Å². The number of carbonyl (C=O) groups is 1. The molecule has 0 N–H and O–H groups in total. The van der Waals surface area contributed by atoms with Gasteiger partial charge in [-0.25, -0.2) is 0 Å². The minimum Gasteiger partial charge on any atom is -0.489 e. The molecule has 31 heavy (non-hydrogen) atoms. The van der Waals surface area contributed by atoms with E-state index in [1.54, 1.807) is 0 Å². The van der Waals surface area contributed by atoms with Crippen molar-refractivity contribution < 1.29 is 13.9 Å². The highest BCUT2D eigenvalue weighted by Crippen LogP contribution is 2.35. The molecular formula is C27H25NO3. The quantitative estimate of drug-likeness (QED) is 0.389. The predicted octanol–water partition coefficient (Wildman–Crippen LogP) is 5.80. The van der Waals surface area contributed by atoms with Gasteiger partial charge in [0.1, 0.15) is 23.2 Å². The van der Waals surface area contributed by atoms with E-state index >= 15 is 0 Å². The van der Waals surface area contributed by atoms with Crippen LogP contribution in [0.15, 0.2) is 83.3 Å². The summed E-state index contributed by atoms with van der Waals surface area (Å²) in [6.45, 7) is 2.05. The third-order valence-corrected chi connectivity index (χ3v) is 5.86. The molecule has 0 radical (unpaired) electrons. The summed E-state index contributed by atoms with van der Waals surface area (Å²) in [6.07, 6.45) is 2.41. The molecule has 5 rings (SSSR count). The zero-order chi connectivity index (χ0) is 21.2. The molecule has 0 aliphatic carbocycles. The number of ether oxygens (including phenoxy) is 1. The molecule has 0 amide bonds. The molecule has 4 heteroatoms. The Morgan fingerprint density at radius 1 is 0.968 bits per heavy atom. The van der Waals surface area contributed by atoms with Gasteiger partial charge in [-0.05, 0) is 56.8 Å². The van der Waals surface area contributed by atoms with Gasteiger partial charge >= 0.3 is 0 Å². The smallest absolute Gasteiger partial charge is 0.197 e. The second-order valence-corrected chi connectivity index (χ2v) is 8.17. The van der Waals surface area contributed by atoms with E-state index in [9.17, 15) is 4.79 Å². The number of benzene rings is 3. The monoisotopic (exact) mass is 411 g/mol. The number of carbonyl (C=O) groups excluding carboxylic acids is 1. The normalized spacial score (nSPS) is 17.0. The minimum atomic E-state index is -0.0484. The lowest BCUT2D eigenvalue weighted by molar-refractivity contribution is 0.103. The van der Waals surface area contributed by atoms with Gasteiger partial charge in [-0.1, -0.05) is 48.5 Å². The topological polar surface area (TPSA) is 42.7 Å². The molecule has 156 valence electrons. The lowest BCUT2D eigenvalue weighted by Crippen LogP contribution is -2.38. The van der Waals surface area contributed by atoms with Gasteiger partial charge in [0.05, 0.1) is 5.56 Å². The highest BCUT2D eigenvalue weighted by molar-refractivity contribution is 6.19. The van der Waals surface area contributed by atoms with Crippen LogP contribution < -0.4 is 4.74 Å². The van der Waals surface area contributed by atoms with Crippen molar-refractivity contribution in [1.29, 1.82) is 0 Å². The molecule has 1 aromatic heterocycles. The maximum atomic E-state index is 13.6. The fourth-order valence-electron chi connectivity index (χ4n) is 4.30. The lowest BCUT2D eigenvalue weighted by atomic mass is 9.97. The number of hydrogen-bond acceptors (Lipinski definition) is 4. The summed E-state index contributed by atoms with van der Waals surface area (Å²) >= 11 is 0. The zero-order valence-electron chi connectivity index (χ0n) is 17.6. The molecule has 0 saturated carbocycles. The van der Waals surface area contributed by atoms with E-state index in [4.69, 9.17) is 9.15 Å². The van der Waals surface area contributed by atoms with E-state index in [2.05, 4.69) is 11.9 Å². The molecule has 1 aliphatic rings. The molecular weight excluding hydrogens is 386 g/mol. The van der Waals surface area contributed by atoms with E-state index in [0.29, 0.717) is 22.5 Å². The summed E-state index contributed by atoms with van der Waals surface area (Å²) in [6, 6.07) is 25.0. The van der Waals surface area contributed by atoms with Crippen molar-refractivity contribution >= 4 is 16.8 Å². The average Bonchev–Trinajstić information content (AvgIpc) is 3.19. The Labute approximate surface area is 182 Å². The number of hydrogen-bond donors (Lipinski definition) is 0. The fraction of sp³-hybridized carbons (Fsp3) is 0.222. The second kappa shape index (κ2) is 8.40. The van der Waals surface area contributed by atoms with Crippen LogP contribution in [0.1, 0.15) is 28.8 Å². The number of furan rings is 1. The molecule has 1 unspecified atom stereocenters. The Kier molecular flexibility index (Phi) is 5.31. The molecule has 3 aromatic carbocycles. The van der Waals surface area contributed by atoms with E-state index in [-0.39, 0.29) is 11.9 Å². The highest BCUT2D eigenvalue weighted by Gasteiger charge is 2.23. The number of piperidine rings is 1. The number of ketones is 1. The first kappa shape index (κ1) is 19.6. The summed E-state index contributed by atoms with van der Waals surface area (Å²) in [5.74, 6) is 1.36. The number of nitrogens with zero attached hydrogens (tertiary/aromatic N) is 1. The predicted molar refractivity (Wildman–Crippen MR) is 123 cm³/mol. The minimum absolute atomic E-state index is 0.0484. The van der Waals surface area contributed by atoms with Crippen LogP contribution in [0.4, 0.5) is 0 Å². The maximum Gasteiger partial charge on any atom is 0.197 e. The van der Waals surface area contributed by atoms with Crippen molar-refractivity contribution in [3.05, 3.63) is 90.0 Å². The highest BCUT2D eigenvalue weighted by atomic mass is 16.5. The van der Waals surface area contributed by atoms with Crippen LogP contribution in [0.2, 0.25) is 0 Å². The van der Waals surface area contributed by atoms with Crippen LogP contribution in [0.3, 0.4) is 0 Å². The Morgan fingerprint density at radius 2 is 1.71 bits per heavy atom. The standard InChI is InChI=1S/C27H25NO3/c1-28-17-7-10-22(18-28)30-21-15-13-19(14-16-21)26(29)25-23-11-5-6-12-24(23)31-27(25)20-8-3-2-4-9-20/h2-6,8-9,11-16,22H,7,10,17-18H2,1H3. The van der Waals surface area contributed by atoms with Crippen molar-refractivity contribution in [1.82, 2.24) is 4.90 Å². The number of likely N-dealkylation sites (tertiary alicyclic amines) is 1. The summed E-state index contributed by atoms with van der Waals surface area (Å²) in [5, 5.41) is 0.830.